The van der Waals surface area contributed by atoms with E-state index in [0.29, 0.717) is 0 Å². The molecule has 11 heavy (non-hydrogen) atoms. The van der Waals surface area contributed by atoms with Crippen LogP contribution < -0.4 is 11.1 Å². The van der Waals surface area contributed by atoms with Gasteiger partial charge in [-0.15, -0.1) is 0 Å². The highest BCUT2D eigenvalue weighted by Crippen LogP contribution is 2.09. The molecule has 0 spiro atoms. The average molecular weight is 154 g/mol. The Hall–Kier alpha value is -1.03. The summed E-state index contributed by atoms with van der Waals surface area (Å²) in [5.74, 6) is 0.766. The van der Waals surface area contributed by atoms with Crippen molar-refractivity contribution in [1.29, 1.82) is 0 Å². The Bertz CT molecular complexity index is 228. The Balaban J connectivity index is 2.82. The second-order valence-corrected chi connectivity index (χ2v) is 2.40. The molecule has 0 radical (unpaired) electrons. The molecule has 4 nitrogen and oxygen atoms in total. The molecule has 0 saturated carbocycles. The van der Waals surface area contributed by atoms with Gasteiger partial charge in [0.25, 0.3) is 0 Å². The predicted molar refractivity (Wildman–Crippen MR) is 45.1 cm³/mol. The molecule has 1 aromatic rings. The number of nitrogen functional groups attached to an aromatic ring is 1. The van der Waals surface area contributed by atoms with E-state index in [1.54, 1.807) is 10.9 Å². The van der Waals surface area contributed by atoms with Gasteiger partial charge >= 0.3 is 0 Å². The maximum Gasteiger partial charge on any atom is 0.126 e. The van der Waals surface area contributed by atoms with Gasteiger partial charge < -0.3 is 11.1 Å². The zero-order valence-electron chi connectivity index (χ0n) is 6.96. The number of hydrogen-bond donors (Lipinski definition) is 2. The summed E-state index contributed by atoms with van der Waals surface area (Å²) in [4.78, 5) is 0. The van der Waals surface area contributed by atoms with E-state index < -0.39 is 0 Å². The van der Waals surface area contributed by atoms with Gasteiger partial charge in [-0.2, -0.15) is 5.10 Å². The van der Waals surface area contributed by atoms with E-state index >= 15 is 0 Å². The van der Waals surface area contributed by atoms with Gasteiger partial charge in [0.15, 0.2) is 0 Å². The van der Waals surface area contributed by atoms with Gasteiger partial charge in [-0.1, -0.05) is 0 Å². The minimum Gasteiger partial charge on any atom is -0.384 e. The first-order valence-electron chi connectivity index (χ1n) is 3.74. The smallest absolute Gasteiger partial charge is 0.126 e. The van der Waals surface area contributed by atoms with Crippen molar-refractivity contribution >= 4 is 5.82 Å². The number of anilines is 1. The van der Waals surface area contributed by atoms with E-state index in [4.69, 9.17) is 5.73 Å². The Morgan fingerprint density at radius 3 is 2.91 bits per heavy atom. The van der Waals surface area contributed by atoms with Crippen molar-refractivity contribution in [3.63, 3.8) is 0 Å². The SMILES string of the molecule is CCn1ncc(CNC)c1N. The lowest BCUT2D eigenvalue weighted by atomic mass is 10.3. The fourth-order valence-electron chi connectivity index (χ4n) is 1.01. The van der Waals surface area contributed by atoms with Crippen LogP contribution in [-0.2, 0) is 13.1 Å². The topological polar surface area (TPSA) is 55.9 Å². The van der Waals surface area contributed by atoms with Gasteiger partial charge in [0, 0.05) is 18.7 Å². The molecule has 0 atom stereocenters. The Kier molecular flexibility index (Phi) is 2.48. The zero-order chi connectivity index (χ0) is 8.27. The van der Waals surface area contributed by atoms with Crippen LogP contribution in [0.25, 0.3) is 0 Å². The van der Waals surface area contributed by atoms with E-state index in [1.807, 2.05) is 14.0 Å². The van der Waals surface area contributed by atoms with Crippen molar-refractivity contribution in [1.82, 2.24) is 15.1 Å². The van der Waals surface area contributed by atoms with Gasteiger partial charge in [0.2, 0.25) is 0 Å². The fourth-order valence-corrected chi connectivity index (χ4v) is 1.01. The van der Waals surface area contributed by atoms with E-state index in [9.17, 15) is 0 Å². The van der Waals surface area contributed by atoms with Crippen LogP contribution in [0.1, 0.15) is 12.5 Å². The minimum atomic E-state index is 0.766. The van der Waals surface area contributed by atoms with Crippen molar-refractivity contribution in [2.45, 2.75) is 20.0 Å². The summed E-state index contributed by atoms with van der Waals surface area (Å²) in [5.41, 5.74) is 6.82. The molecule has 0 aliphatic carbocycles. The molecule has 1 rings (SSSR count). The first-order valence-corrected chi connectivity index (χ1v) is 3.74. The molecule has 0 fully saturated rings. The van der Waals surface area contributed by atoms with Crippen LogP contribution >= 0.6 is 0 Å². The molecule has 0 aromatic carbocycles. The molecule has 0 aliphatic rings. The summed E-state index contributed by atoms with van der Waals surface area (Å²) in [5, 5.41) is 7.13. The summed E-state index contributed by atoms with van der Waals surface area (Å²) in [6.07, 6.45) is 1.80. The summed E-state index contributed by atoms with van der Waals surface area (Å²) in [6, 6.07) is 0. The van der Waals surface area contributed by atoms with Gasteiger partial charge in [0.1, 0.15) is 5.82 Å². The number of nitrogens with two attached hydrogens (primary N) is 1. The summed E-state index contributed by atoms with van der Waals surface area (Å²) in [6.45, 7) is 3.63. The third-order valence-electron chi connectivity index (χ3n) is 1.63. The number of rotatable bonds is 3. The highest BCUT2D eigenvalue weighted by atomic mass is 15.3. The molecule has 62 valence electrons. The number of nitrogens with zero attached hydrogens (tertiary/aromatic N) is 2. The van der Waals surface area contributed by atoms with E-state index in [1.165, 1.54) is 0 Å². The van der Waals surface area contributed by atoms with Crippen LogP contribution in [-0.4, -0.2) is 16.8 Å². The molecule has 0 bridgehead atoms. The highest BCUT2D eigenvalue weighted by molar-refractivity contribution is 5.38. The third-order valence-corrected chi connectivity index (χ3v) is 1.63. The first-order chi connectivity index (χ1) is 5.29. The molecule has 1 heterocycles. The molecule has 0 unspecified atom stereocenters. The van der Waals surface area contributed by atoms with Crippen molar-refractivity contribution in [2.24, 2.45) is 0 Å². The molecular weight excluding hydrogens is 140 g/mol. The molecular formula is C7H14N4. The van der Waals surface area contributed by atoms with Gasteiger partial charge in [-0.25, -0.2) is 0 Å². The Labute approximate surface area is 66.4 Å². The molecule has 0 aliphatic heterocycles. The fraction of sp³-hybridized carbons (Fsp3) is 0.571. The second-order valence-electron chi connectivity index (χ2n) is 2.40. The first kappa shape index (κ1) is 8.07. The summed E-state index contributed by atoms with van der Waals surface area (Å²) >= 11 is 0. The monoisotopic (exact) mass is 154 g/mol. The molecule has 4 heteroatoms. The lowest BCUT2D eigenvalue weighted by Gasteiger charge is -2.00. The standard InChI is InChI=1S/C7H14N4/c1-3-11-7(8)6(4-9-2)5-10-11/h5,9H,3-4,8H2,1-2H3. The van der Waals surface area contributed by atoms with E-state index in [2.05, 4.69) is 10.4 Å². The van der Waals surface area contributed by atoms with Crippen LogP contribution in [0.2, 0.25) is 0 Å². The summed E-state index contributed by atoms with van der Waals surface area (Å²) in [7, 11) is 1.89. The normalized spacial score (nSPS) is 10.4. The van der Waals surface area contributed by atoms with Crippen LogP contribution in [0.3, 0.4) is 0 Å². The predicted octanol–water partition coefficient (Wildman–Crippen LogP) is 0.205. The van der Waals surface area contributed by atoms with E-state index in [-0.39, 0.29) is 0 Å². The van der Waals surface area contributed by atoms with Gasteiger partial charge in [-0.3, -0.25) is 4.68 Å². The lowest BCUT2D eigenvalue weighted by molar-refractivity contribution is 0.669. The van der Waals surface area contributed by atoms with E-state index in [0.717, 1.165) is 24.5 Å². The Morgan fingerprint density at radius 2 is 2.45 bits per heavy atom. The summed E-state index contributed by atoms with van der Waals surface area (Å²) < 4.78 is 1.78. The molecule has 0 amide bonds. The lowest BCUT2D eigenvalue weighted by Crippen LogP contribution is -2.08. The maximum absolute atomic E-state index is 5.76. The average Bonchev–Trinajstić information content (AvgIpc) is 2.34. The van der Waals surface area contributed by atoms with Crippen molar-refractivity contribution < 1.29 is 0 Å². The van der Waals surface area contributed by atoms with Crippen LogP contribution in [0.4, 0.5) is 5.82 Å². The quantitative estimate of drug-likeness (QED) is 0.654. The second kappa shape index (κ2) is 3.39. The van der Waals surface area contributed by atoms with Gasteiger partial charge in [-0.05, 0) is 14.0 Å². The van der Waals surface area contributed by atoms with Gasteiger partial charge in [0.05, 0.1) is 6.20 Å². The minimum absolute atomic E-state index is 0.766. The molecule has 0 saturated heterocycles. The number of aryl methyl sites for hydroxylation is 1. The maximum atomic E-state index is 5.76. The third kappa shape index (κ3) is 1.51. The largest absolute Gasteiger partial charge is 0.384 e. The van der Waals surface area contributed by atoms with Crippen LogP contribution in [0, 0.1) is 0 Å². The zero-order valence-corrected chi connectivity index (χ0v) is 6.96. The Morgan fingerprint density at radius 1 is 1.73 bits per heavy atom. The molecule has 3 N–H and O–H groups in total. The molecule has 1 aromatic heterocycles. The van der Waals surface area contributed by atoms with Crippen molar-refractivity contribution in [3.8, 4) is 0 Å². The van der Waals surface area contributed by atoms with Crippen LogP contribution in [0.15, 0.2) is 6.20 Å². The van der Waals surface area contributed by atoms with Crippen molar-refractivity contribution in [2.75, 3.05) is 12.8 Å². The number of hydrogen-bond acceptors (Lipinski definition) is 3. The van der Waals surface area contributed by atoms with Crippen molar-refractivity contribution in [3.05, 3.63) is 11.8 Å². The number of aromatic nitrogens is 2. The van der Waals surface area contributed by atoms with Crippen LogP contribution in [0.5, 0.6) is 0 Å². The number of nitrogens with one attached hydrogen (secondary N) is 1. The highest BCUT2D eigenvalue weighted by Gasteiger charge is 2.03.